The normalized spacial score (nSPS) is 11.7. The molecule has 0 fully saturated rings. The van der Waals surface area contributed by atoms with E-state index in [2.05, 4.69) is 0 Å². The van der Waals surface area contributed by atoms with Crippen LogP contribution in [0, 0.1) is 6.92 Å². The first-order valence-corrected chi connectivity index (χ1v) is 5.91. The summed E-state index contributed by atoms with van der Waals surface area (Å²) in [6.45, 7) is 2.50. The number of rotatable bonds is 5. The Kier molecular flexibility index (Phi) is 5.02. The number of benzene rings is 1. The monoisotopic (exact) mass is 260 g/mol. The number of nitrogens with zero attached hydrogens (tertiary/aromatic N) is 1. The number of alkyl halides is 3. The van der Waals surface area contributed by atoms with Gasteiger partial charge in [0.05, 0.1) is 6.42 Å². The fourth-order valence-corrected chi connectivity index (χ4v) is 1.78. The Labute approximate surface area is 106 Å². The summed E-state index contributed by atoms with van der Waals surface area (Å²) in [5, 5.41) is 0. The third-order valence-electron chi connectivity index (χ3n) is 2.91. The largest absolute Gasteiger partial charge is 0.390 e. The molecule has 0 radical (unpaired) electrons. The van der Waals surface area contributed by atoms with Crippen molar-refractivity contribution in [3.63, 3.8) is 0 Å². The van der Waals surface area contributed by atoms with E-state index in [1.54, 1.807) is 11.9 Å². The second kappa shape index (κ2) is 6.09. The number of hydrogen-bond acceptors (Lipinski definition) is 2. The molecule has 0 amide bonds. The van der Waals surface area contributed by atoms with Gasteiger partial charge in [0.25, 0.3) is 0 Å². The van der Waals surface area contributed by atoms with Gasteiger partial charge < -0.3 is 10.6 Å². The summed E-state index contributed by atoms with van der Waals surface area (Å²) >= 11 is 0. The second-order valence-electron chi connectivity index (χ2n) is 4.44. The Morgan fingerprint density at radius 1 is 1.28 bits per heavy atom. The summed E-state index contributed by atoms with van der Waals surface area (Å²) < 4.78 is 36.4. The third-order valence-corrected chi connectivity index (χ3v) is 2.91. The van der Waals surface area contributed by atoms with Gasteiger partial charge in [-0.2, -0.15) is 13.2 Å². The van der Waals surface area contributed by atoms with Gasteiger partial charge in [0, 0.05) is 19.3 Å². The van der Waals surface area contributed by atoms with E-state index >= 15 is 0 Å². The highest BCUT2D eigenvalue weighted by Crippen LogP contribution is 2.23. The predicted molar refractivity (Wildman–Crippen MR) is 67.9 cm³/mol. The molecule has 1 aromatic rings. The van der Waals surface area contributed by atoms with E-state index in [-0.39, 0.29) is 6.54 Å². The molecule has 0 saturated heterocycles. The van der Waals surface area contributed by atoms with Crippen molar-refractivity contribution in [2.24, 2.45) is 5.73 Å². The quantitative estimate of drug-likeness (QED) is 0.882. The van der Waals surface area contributed by atoms with E-state index in [1.807, 2.05) is 25.1 Å². The van der Waals surface area contributed by atoms with Gasteiger partial charge in [-0.05, 0) is 43.1 Å². The zero-order chi connectivity index (χ0) is 13.8. The lowest BCUT2D eigenvalue weighted by Gasteiger charge is -2.21. The molecule has 0 aromatic heterocycles. The van der Waals surface area contributed by atoms with Gasteiger partial charge in [0.2, 0.25) is 0 Å². The minimum Gasteiger partial charge on any atom is -0.374 e. The SMILES string of the molecule is Cc1cc(N(C)CCC(F)(F)F)ccc1CCN. The van der Waals surface area contributed by atoms with Crippen LogP contribution in [0.25, 0.3) is 0 Å². The maximum absolute atomic E-state index is 12.1. The van der Waals surface area contributed by atoms with E-state index < -0.39 is 12.6 Å². The Balaban J connectivity index is 2.69. The van der Waals surface area contributed by atoms with E-state index in [0.717, 1.165) is 23.2 Å². The van der Waals surface area contributed by atoms with E-state index in [4.69, 9.17) is 5.73 Å². The van der Waals surface area contributed by atoms with Crippen LogP contribution in [0.3, 0.4) is 0 Å². The second-order valence-corrected chi connectivity index (χ2v) is 4.44. The molecule has 18 heavy (non-hydrogen) atoms. The van der Waals surface area contributed by atoms with Crippen molar-refractivity contribution in [1.29, 1.82) is 0 Å². The first kappa shape index (κ1) is 14.8. The molecule has 102 valence electrons. The average molecular weight is 260 g/mol. The molecule has 5 heteroatoms. The van der Waals surface area contributed by atoms with E-state index in [9.17, 15) is 13.2 Å². The van der Waals surface area contributed by atoms with Crippen LogP contribution in [0.15, 0.2) is 18.2 Å². The Bertz CT molecular complexity index is 388. The molecule has 0 saturated carbocycles. The lowest BCUT2D eigenvalue weighted by atomic mass is 10.0. The molecule has 0 heterocycles. The number of nitrogens with two attached hydrogens (primary N) is 1. The van der Waals surface area contributed by atoms with Crippen molar-refractivity contribution >= 4 is 5.69 Å². The number of hydrogen-bond donors (Lipinski definition) is 1. The molecule has 0 aliphatic heterocycles. The van der Waals surface area contributed by atoms with Crippen molar-refractivity contribution in [2.75, 3.05) is 25.0 Å². The highest BCUT2D eigenvalue weighted by molar-refractivity contribution is 5.50. The maximum atomic E-state index is 12.1. The van der Waals surface area contributed by atoms with Crippen LogP contribution in [0.1, 0.15) is 17.5 Å². The standard InChI is InChI=1S/C13H19F3N2/c1-10-9-12(4-3-11(10)5-7-17)18(2)8-6-13(14,15)16/h3-4,9H,5-8,17H2,1-2H3. The van der Waals surface area contributed by atoms with Gasteiger partial charge in [0.15, 0.2) is 0 Å². The van der Waals surface area contributed by atoms with Crippen molar-refractivity contribution in [3.8, 4) is 0 Å². The van der Waals surface area contributed by atoms with Crippen LogP contribution in [0.5, 0.6) is 0 Å². The first-order valence-electron chi connectivity index (χ1n) is 5.91. The van der Waals surface area contributed by atoms with Gasteiger partial charge in [-0.15, -0.1) is 0 Å². The van der Waals surface area contributed by atoms with Crippen LogP contribution in [0.4, 0.5) is 18.9 Å². The smallest absolute Gasteiger partial charge is 0.374 e. The number of halogens is 3. The molecule has 0 aliphatic carbocycles. The molecule has 0 unspecified atom stereocenters. The average Bonchev–Trinajstić information content (AvgIpc) is 2.28. The molecule has 0 atom stereocenters. The third kappa shape index (κ3) is 4.56. The first-order chi connectivity index (χ1) is 8.33. The van der Waals surface area contributed by atoms with Crippen LogP contribution in [-0.4, -0.2) is 26.3 Å². The van der Waals surface area contributed by atoms with Gasteiger partial charge in [0.1, 0.15) is 0 Å². The van der Waals surface area contributed by atoms with Gasteiger partial charge in [-0.3, -0.25) is 0 Å². The fraction of sp³-hybridized carbons (Fsp3) is 0.538. The predicted octanol–water partition coefficient (Wildman–Crippen LogP) is 2.88. The molecule has 0 aliphatic rings. The Hall–Kier alpha value is -1.23. The molecule has 0 spiro atoms. The molecule has 0 bridgehead atoms. The molecule has 1 rings (SSSR count). The van der Waals surface area contributed by atoms with Crippen molar-refractivity contribution in [2.45, 2.75) is 25.9 Å². The molecular weight excluding hydrogens is 241 g/mol. The van der Waals surface area contributed by atoms with Crippen molar-refractivity contribution in [1.82, 2.24) is 0 Å². The summed E-state index contributed by atoms with van der Waals surface area (Å²) in [6.07, 6.45) is -4.12. The van der Waals surface area contributed by atoms with Crippen LogP contribution in [0.2, 0.25) is 0 Å². The topological polar surface area (TPSA) is 29.3 Å². The Morgan fingerprint density at radius 2 is 1.94 bits per heavy atom. The number of aryl methyl sites for hydroxylation is 1. The fourth-order valence-electron chi connectivity index (χ4n) is 1.78. The van der Waals surface area contributed by atoms with Gasteiger partial charge in [-0.25, -0.2) is 0 Å². The maximum Gasteiger partial charge on any atom is 0.390 e. The molecule has 2 N–H and O–H groups in total. The summed E-state index contributed by atoms with van der Waals surface area (Å²) in [4.78, 5) is 1.62. The molecule has 1 aromatic carbocycles. The number of anilines is 1. The minimum absolute atomic E-state index is 0.0286. The Morgan fingerprint density at radius 3 is 2.44 bits per heavy atom. The summed E-state index contributed by atoms with van der Waals surface area (Å²) in [6, 6.07) is 5.68. The molecule has 2 nitrogen and oxygen atoms in total. The zero-order valence-corrected chi connectivity index (χ0v) is 10.7. The summed E-state index contributed by atoms with van der Waals surface area (Å²) in [7, 11) is 1.67. The molecular formula is C13H19F3N2. The highest BCUT2D eigenvalue weighted by atomic mass is 19.4. The lowest BCUT2D eigenvalue weighted by Crippen LogP contribution is -2.24. The van der Waals surface area contributed by atoms with E-state index in [0.29, 0.717) is 6.54 Å². The summed E-state index contributed by atoms with van der Waals surface area (Å²) in [5.41, 5.74) is 8.50. The van der Waals surface area contributed by atoms with Crippen molar-refractivity contribution < 1.29 is 13.2 Å². The van der Waals surface area contributed by atoms with Gasteiger partial charge in [-0.1, -0.05) is 6.07 Å². The summed E-state index contributed by atoms with van der Waals surface area (Å²) in [5.74, 6) is 0. The van der Waals surface area contributed by atoms with Crippen LogP contribution in [-0.2, 0) is 6.42 Å². The van der Waals surface area contributed by atoms with Crippen molar-refractivity contribution in [3.05, 3.63) is 29.3 Å². The van der Waals surface area contributed by atoms with Gasteiger partial charge >= 0.3 is 6.18 Å². The van der Waals surface area contributed by atoms with Crippen LogP contribution < -0.4 is 10.6 Å². The highest BCUT2D eigenvalue weighted by Gasteiger charge is 2.27. The lowest BCUT2D eigenvalue weighted by molar-refractivity contribution is -0.132. The minimum atomic E-state index is -4.11. The van der Waals surface area contributed by atoms with Crippen LogP contribution >= 0.6 is 0 Å². The van der Waals surface area contributed by atoms with E-state index in [1.165, 1.54) is 0 Å². The zero-order valence-electron chi connectivity index (χ0n) is 10.7.